The van der Waals surface area contributed by atoms with Crippen LogP contribution in [0.25, 0.3) is 5.65 Å². The van der Waals surface area contributed by atoms with Gasteiger partial charge in [-0.25, -0.2) is 13.1 Å². The molecule has 3 heterocycles. The number of nitrogens with zero attached hydrogens (tertiary/aromatic N) is 5. The van der Waals surface area contributed by atoms with E-state index < -0.39 is 10.0 Å². The summed E-state index contributed by atoms with van der Waals surface area (Å²) in [6.07, 6.45) is 6.82. The van der Waals surface area contributed by atoms with E-state index in [9.17, 15) is 8.42 Å². The molecule has 4 rings (SSSR count). The molecule has 23 heavy (non-hydrogen) atoms. The first-order chi connectivity index (χ1) is 11.0. The van der Waals surface area contributed by atoms with E-state index in [2.05, 4.69) is 31.0 Å². The maximum Gasteiger partial charge on any atom is 0.208 e. The topological polar surface area (TPSA) is 92.5 Å². The van der Waals surface area contributed by atoms with Gasteiger partial charge in [0.2, 0.25) is 15.7 Å². The fraction of sp³-hybridized carbons (Fsp3) is 0.643. The van der Waals surface area contributed by atoms with E-state index in [0.717, 1.165) is 43.0 Å². The van der Waals surface area contributed by atoms with Crippen LogP contribution in [0.5, 0.6) is 0 Å². The first kappa shape index (κ1) is 14.8. The quantitative estimate of drug-likeness (QED) is 0.875. The maximum atomic E-state index is 11.4. The third-order valence-corrected chi connectivity index (χ3v) is 5.24. The van der Waals surface area contributed by atoms with Gasteiger partial charge < -0.3 is 4.90 Å². The van der Waals surface area contributed by atoms with Crippen LogP contribution in [0.3, 0.4) is 0 Å². The Morgan fingerprint density at radius 3 is 2.61 bits per heavy atom. The largest absolute Gasteiger partial charge is 0.368 e. The zero-order valence-corrected chi connectivity index (χ0v) is 13.8. The highest BCUT2D eigenvalue weighted by atomic mass is 32.2. The van der Waals surface area contributed by atoms with Crippen LogP contribution in [0.2, 0.25) is 0 Å². The molecule has 8 nitrogen and oxygen atoms in total. The number of nitrogens with one attached hydrogen (secondary N) is 1. The van der Waals surface area contributed by atoms with Gasteiger partial charge in [-0.3, -0.25) is 0 Å². The summed E-state index contributed by atoms with van der Waals surface area (Å²) in [5.74, 6) is 0.560. The van der Waals surface area contributed by atoms with Crippen LogP contribution in [0.1, 0.15) is 37.3 Å². The molecule has 2 aromatic rings. The number of fused-ring (bicyclic) bond motifs is 1. The summed E-state index contributed by atoms with van der Waals surface area (Å²) in [6, 6.07) is 2.14. The molecule has 0 aromatic carbocycles. The molecule has 1 saturated carbocycles. The molecule has 0 unspecified atom stereocenters. The molecule has 0 amide bonds. The van der Waals surface area contributed by atoms with Crippen LogP contribution in [-0.4, -0.2) is 53.6 Å². The number of rotatable bonds is 4. The summed E-state index contributed by atoms with van der Waals surface area (Å²) in [5.41, 5.74) is 2.92. The van der Waals surface area contributed by atoms with Gasteiger partial charge in [0.05, 0.1) is 17.6 Å². The van der Waals surface area contributed by atoms with Crippen molar-refractivity contribution in [2.24, 2.45) is 0 Å². The highest BCUT2D eigenvalue weighted by Gasteiger charge is 2.29. The summed E-state index contributed by atoms with van der Waals surface area (Å²) >= 11 is 0. The van der Waals surface area contributed by atoms with E-state index in [1.165, 1.54) is 19.1 Å². The van der Waals surface area contributed by atoms with Crippen LogP contribution in [-0.2, 0) is 10.0 Å². The van der Waals surface area contributed by atoms with Crippen LogP contribution < -0.4 is 9.62 Å². The molecule has 1 aliphatic heterocycles. The molecule has 1 N–H and O–H groups in total. The van der Waals surface area contributed by atoms with Crippen molar-refractivity contribution in [3.8, 4) is 0 Å². The Kier molecular flexibility index (Phi) is 3.49. The van der Waals surface area contributed by atoms with Crippen molar-refractivity contribution in [3.63, 3.8) is 0 Å². The lowest BCUT2D eigenvalue weighted by molar-refractivity contribution is 0.461. The molecule has 2 aromatic heterocycles. The fourth-order valence-electron chi connectivity index (χ4n) is 3.18. The van der Waals surface area contributed by atoms with E-state index in [0.29, 0.717) is 5.92 Å². The maximum absolute atomic E-state index is 11.4. The number of piperidine rings is 1. The molecule has 0 bridgehead atoms. The van der Waals surface area contributed by atoms with E-state index in [1.54, 1.807) is 10.8 Å². The van der Waals surface area contributed by atoms with Crippen molar-refractivity contribution in [1.82, 2.24) is 24.5 Å². The molecule has 0 atom stereocenters. The van der Waals surface area contributed by atoms with Crippen molar-refractivity contribution in [2.75, 3.05) is 24.2 Å². The molecule has 9 heteroatoms. The van der Waals surface area contributed by atoms with Gasteiger partial charge in [0.25, 0.3) is 0 Å². The van der Waals surface area contributed by atoms with Gasteiger partial charge in [0.1, 0.15) is 6.33 Å². The van der Waals surface area contributed by atoms with Crippen molar-refractivity contribution in [1.29, 1.82) is 0 Å². The Hall–Kier alpha value is -1.74. The van der Waals surface area contributed by atoms with Gasteiger partial charge in [-0.2, -0.15) is 9.61 Å². The highest BCUT2D eigenvalue weighted by Crippen LogP contribution is 2.40. The second-order valence-electron chi connectivity index (χ2n) is 6.48. The average molecular weight is 336 g/mol. The van der Waals surface area contributed by atoms with Crippen molar-refractivity contribution < 1.29 is 8.42 Å². The van der Waals surface area contributed by atoms with Gasteiger partial charge >= 0.3 is 0 Å². The summed E-state index contributed by atoms with van der Waals surface area (Å²) in [7, 11) is -3.15. The van der Waals surface area contributed by atoms with E-state index in [-0.39, 0.29) is 6.04 Å². The number of hydrogen-bond acceptors (Lipinski definition) is 6. The first-order valence-corrected chi connectivity index (χ1v) is 9.82. The highest BCUT2D eigenvalue weighted by molar-refractivity contribution is 7.88. The third-order valence-electron chi connectivity index (χ3n) is 4.48. The molecule has 1 saturated heterocycles. The zero-order chi connectivity index (χ0) is 16.0. The third kappa shape index (κ3) is 3.16. The Bertz CT molecular complexity index is 821. The molecule has 2 fully saturated rings. The van der Waals surface area contributed by atoms with Gasteiger partial charge in [-0.05, 0) is 31.7 Å². The van der Waals surface area contributed by atoms with Crippen LogP contribution in [0.15, 0.2) is 12.4 Å². The summed E-state index contributed by atoms with van der Waals surface area (Å²) in [5, 5.41) is 12.8. The summed E-state index contributed by atoms with van der Waals surface area (Å²) < 4.78 is 27.2. The Morgan fingerprint density at radius 1 is 1.22 bits per heavy atom. The van der Waals surface area contributed by atoms with Crippen molar-refractivity contribution in [2.45, 2.75) is 37.6 Å². The lowest BCUT2D eigenvalue weighted by Gasteiger charge is -2.33. The zero-order valence-electron chi connectivity index (χ0n) is 13.0. The summed E-state index contributed by atoms with van der Waals surface area (Å²) in [4.78, 5) is 2.26. The minimum atomic E-state index is -3.15. The fourth-order valence-corrected chi connectivity index (χ4v) is 4.02. The number of aromatic nitrogens is 4. The summed E-state index contributed by atoms with van der Waals surface area (Å²) in [6.45, 7) is 1.59. The second kappa shape index (κ2) is 5.41. The number of hydrogen-bond donors (Lipinski definition) is 1. The monoisotopic (exact) mass is 336 g/mol. The first-order valence-electron chi connectivity index (χ1n) is 7.93. The average Bonchev–Trinajstić information content (AvgIpc) is 3.23. The number of anilines is 1. The van der Waals surface area contributed by atoms with Gasteiger partial charge in [0, 0.05) is 25.0 Å². The lowest BCUT2D eigenvalue weighted by atomic mass is 10.1. The van der Waals surface area contributed by atoms with Crippen molar-refractivity contribution >= 4 is 21.4 Å². The van der Waals surface area contributed by atoms with E-state index in [1.807, 2.05) is 0 Å². The molecular formula is C14H20N6O2S. The molecule has 124 valence electrons. The van der Waals surface area contributed by atoms with Crippen LogP contribution in [0, 0.1) is 0 Å². The minimum Gasteiger partial charge on any atom is -0.368 e. The van der Waals surface area contributed by atoms with E-state index in [4.69, 9.17) is 0 Å². The van der Waals surface area contributed by atoms with Crippen LogP contribution in [0.4, 0.5) is 5.69 Å². The second-order valence-corrected chi connectivity index (χ2v) is 8.26. The van der Waals surface area contributed by atoms with Gasteiger partial charge in [-0.1, -0.05) is 0 Å². The van der Waals surface area contributed by atoms with Crippen LogP contribution >= 0.6 is 0 Å². The molecule has 1 aliphatic carbocycles. The molecule has 0 radical (unpaired) electrons. The van der Waals surface area contributed by atoms with E-state index >= 15 is 0 Å². The van der Waals surface area contributed by atoms with Gasteiger partial charge in [0.15, 0.2) is 0 Å². The smallest absolute Gasteiger partial charge is 0.208 e. The standard InChI is InChI=1S/C14H20N6O2S/c1-23(21,22)18-11-4-6-19(7-5-11)13-8-12(10-2-3-10)17-20-9-15-16-14(13)20/h8-11,18H,2-7H2,1H3. The molecule has 2 aliphatic rings. The van der Waals surface area contributed by atoms with Gasteiger partial charge in [-0.15, -0.1) is 10.2 Å². The Morgan fingerprint density at radius 2 is 1.96 bits per heavy atom. The Labute approximate surface area is 134 Å². The van der Waals surface area contributed by atoms with Crippen molar-refractivity contribution in [3.05, 3.63) is 18.1 Å². The molecular weight excluding hydrogens is 316 g/mol. The predicted molar refractivity (Wildman–Crippen MR) is 86.0 cm³/mol. The Balaban J connectivity index is 1.57. The predicted octanol–water partition coefficient (Wildman–Crippen LogP) is 0.520. The SMILES string of the molecule is CS(=O)(=O)NC1CCN(c2cc(C3CC3)nn3cnnc23)CC1. The number of sulfonamides is 1. The normalized spacial score (nSPS) is 20.3. The lowest BCUT2D eigenvalue weighted by Crippen LogP contribution is -2.44. The minimum absolute atomic E-state index is 0.0138. The molecule has 0 spiro atoms.